The van der Waals surface area contributed by atoms with Gasteiger partial charge in [0.25, 0.3) is 5.91 Å². The van der Waals surface area contributed by atoms with Crippen LogP contribution in [0, 0.1) is 0 Å². The van der Waals surface area contributed by atoms with E-state index in [0.717, 1.165) is 29.7 Å². The molecule has 1 aliphatic rings. The topological polar surface area (TPSA) is 61.9 Å². The summed E-state index contributed by atoms with van der Waals surface area (Å²) in [6.45, 7) is 2.06. The third-order valence-corrected chi connectivity index (χ3v) is 4.64. The van der Waals surface area contributed by atoms with Gasteiger partial charge >= 0.3 is 0 Å². The van der Waals surface area contributed by atoms with Crippen LogP contribution in [0.3, 0.4) is 0 Å². The molecule has 1 aliphatic carbocycles. The third kappa shape index (κ3) is 3.18. The predicted octanol–water partition coefficient (Wildman–Crippen LogP) is 3.84. The number of nitrogens with one attached hydrogen (secondary N) is 1. The molecule has 5 heteroatoms. The number of carbonyl (C=O) groups excluding carboxylic acids is 1. The fourth-order valence-corrected chi connectivity index (χ4v) is 3.12. The lowest BCUT2D eigenvalue weighted by Gasteiger charge is -2.29. The zero-order valence-electron chi connectivity index (χ0n) is 14.1. The van der Waals surface area contributed by atoms with Crippen LogP contribution in [0.15, 0.2) is 60.9 Å². The van der Waals surface area contributed by atoms with E-state index in [2.05, 4.69) is 22.1 Å². The summed E-state index contributed by atoms with van der Waals surface area (Å²) in [5, 5.41) is 7.23. The van der Waals surface area contributed by atoms with Gasteiger partial charge in [-0.3, -0.25) is 14.9 Å². The van der Waals surface area contributed by atoms with Gasteiger partial charge in [0.2, 0.25) is 0 Å². The number of rotatable bonds is 5. The average Bonchev–Trinajstić information content (AvgIpc) is 3.37. The average molecular weight is 332 g/mol. The van der Waals surface area contributed by atoms with Crippen molar-refractivity contribution in [3.63, 3.8) is 0 Å². The van der Waals surface area contributed by atoms with Crippen LogP contribution in [0.2, 0.25) is 0 Å². The van der Waals surface area contributed by atoms with Gasteiger partial charge in [-0.1, -0.05) is 36.4 Å². The molecule has 0 saturated heterocycles. The van der Waals surface area contributed by atoms with E-state index < -0.39 is 0 Å². The van der Waals surface area contributed by atoms with Crippen molar-refractivity contribution in [2.75, 3.05) is 0 Å². The lowest BCUT2D eigenvalue weighted by atomic mass is 10.1. The first-order valence-corrected chi connectivity index (χ1v) is 8.57. The maximum absolute atomic E-state index is 13.1. The summed E-state index contributed by atoms with van der Waals surface area (Å²) in [5.41, 5.74) is 3.36. The molecule has 1 atom stereocenters. The molecule has 0 bridgehead atoms. The highest BCUT2D eigenvalue weighted by atomic mass is 16.2. The summed E-state index contributed by atoms with van der Waals surface area (Å²) >= 11 is 0. The molecule has 1 fully saturated rings. The van der Waals surface area contributed by atoms with Crippen LogP contribution in [0.25, 0.3) is 11.3 Å². The fraction of sp³-hybridized carbons (Fsp3) is 0.250. The van der Waals surface area contributed by atoms with Gasteiger partial charge in [-0.15, -0.1) is 0 Å². The van der Waals surface area contributed by atoms with Crippen molar-refractivity contribution < 1.29 is 4.79 Å². The Morgan fingerprint density at radius 1 is 1.20 bits per heavy atom. The lowest BCUT2D eigenvalue weighted by Crippen LogP contribution is -2.35. The highest BCUT2D eigenvalue weighted by Gasteiger charge is 2.37. The molecule has 2 heterocycles. The molecule has 1 aromatic carbocycles. The lowest BCUT2D eigenvalue weighted by molar-refractivity contribution is 0.0667. The van der Waals surface area contributed by atoms with Crippen molar-refractivity contribution in [3.05, 3.63) is 72.2 Å². The Morgan fingerprint density at radius 2 is 2.00 bits per heavy atom. The minimum Gasteiger partial charge on any atom is -0.328 e. The van der Waals surface area contributed by atoms with Crippen LogP contribution in [-0.4, -0.2) is 32.0 Å². The Labute approximate surface area is 146 Å². The Bertz CT molecular complexity index is 856. The minimum absolute atomic E-state index is 0.00599. The maximum atomic E-state index is 13.1. The number of aromatic nitrogens is 3. The monoisotopic (exact) mass is 332 g/mol. The molecule has 3 aromatic rings. The highest BCUT2D eigenvalue weighted by Crippen LogP contribution is 2.35. The van der Waals surface area contributed by atoms with Crippen molar-refractivity contribution in [2.24, 2.45) is 0 Å². The Kier molecular flexibility index (Phi) is 4.06. The van der Waals surface area contributed by atoms with E-state index in [1.165, 1.54) is 0 Å². The van der Waals surface area contributed by atoms with Gasteiger partial charge in [0, 0.05) is 24.0 Å². The van der Waals surface area contributed by atoms with Gasteiger partial charge in [-0.05, 0) is 37.5 Å². The van der Waals surface area contributed by atoms with E-state index in [1.54, 1.807) is 6.20 Å². The number of carbonyl (C=O) groups is 1. The number of nitrogens with zero attached hydrogens (tertiary/aromatic N) is 3. The minimum atomic E-state index is -0.0165. The summed E-state index contributed by atoms with van der Waals surface area (Å²) in [6, 6.07) is 15.9. The summed E-state index contributed by atoms with van der Waals surface area (Å²) in [5.74, 6) is -0.00599. The Morgan fingerprint density at radius 3 is 2.68 bits per heavy atom. The molecule has 0 spiro atoms. The summed E-state index contributed by atoms with van der Waals surface area (Å²) in [6.07, 6.45) is 5.68. The van der Waals surface area contributed by atoms with Crippen molar-refractivity contribution in [3.8, 4) is 11.3 Å². The molecule has 4 rings (SSSR count). The second-order valence-corrected chi connectivity index (χ2v) is 6.44. The largest absolute Gasteiger partial charge is 0.328 e. The van der Waals surface area contributed by atoms with Crippen molar-refractivity contribution in [1.29, 1.82) is 0 Å². The Hall–Kier alpha value is -2.95. The molecular weight excluding hydrogens is 312 g/mol. The van der Waals surface area contributed by atoms with E-state index in [-0.39, 0.29) is 11.9 Å². The van der Waals surface area contributed by atoms with Gasteiger partial charge in [0.1, 0.15) is 5.69 Å². The number of hydrogen-bond acceptors (Lipinski definition) is 3. The molecule has 25 heavy (non-hydrogen) atoms. The molecule has 1 amide bonds. The third-order valence-electron chi connectivity index (χ3n) is 4.64. The van der Waals surface area contributed by atoms with Gasteiger partial charge in [-0.25, -0.2) is 0 Å². The molecule has 1 saturated carbocycles. The fourth-order valence-electron chi connectivity index (χ4n) is 3.12. The number of amides is 1. The number of aromatic amines is 1. The van der Waals surface area contributed by atoms with Crippen LogP contribution in [0.4, 0.5) is 0 Å². The normalized spacial score (nSPS) is 14.9. The molecule has 126 valence electrons. The van der Waals surface area contributed by atoms with Crippen LogP contribution in [-0.2, 0) is 0 Å². The summed E-state index contributed by atoms with van der Waals surface area (Å²) in [7, 11) is 0. The smallest absolute Gasteiger partial charge is 0.272 e. The molecule has 0 radical (unpaired) electrons. The zero-order chi connectivity index (χ0) is 17.2. The van der Waals surface area contributed by atoms with Crippen molar-refractivity contribution >= 4 is 5.91 Å². The maximum Gasteiger partial charge on any atom is 0.272 e. The predicted molar refractivity (Wildman–Crippen MR) is 95.9 cm³/mol. The van der Waals surface area contributed by atoms with Crippen LogP contribution >= 0.6 is 0 Å². The highest BCUT2D eigenvalue weighted by molar-refractivity contribution is 5.94. The van der Waals surface area contributed by atoms with E-state index in [9.17, 15) is 4.79 Å². The van der Waals surface area contributed by atoms with Crippen LogP contribution < -0.4 is 0 Å². The van der Waals surface area contributed by atoms with E-state index >= 15 is 0 Å². The SMILES string of the molecule is CC(c1cccnc1)N(C(=O)c1cc(-c2ccccc2)n[nH]1)C1CC1. The van der Waals surface area contributed by atoms with Gasteiger partial charge in [-0.2, -0.15) is 5.10 Å². The van der Waals surface area contributed by atoms with Gasteiger partial charge < -0.3 is 4.90 Å². The molecule has 5 nitrogen and oxygen atoms in total. The van der Waals surface area contributed by atoms with Gasteiger partial charge in [0.05, 0.1) is 11.7 Å². The molecular formula is C20H20N4O. The van der Waals surface area contributed by atoms with Gasteiger partial charge in [0.15, 0.2) is 0 Å². The molecule has 2 aromatic heterocycles. The van der Waals surface area contributed by atoms with E-state index in [4.69, 9.17) is 0 Å². The second-order valence-electron chi connectivity index (χ2n) is 6.44. The summed E-state index contributed by atoms with van der Waals surface area (Å²) in [4.78, 5) is 19.3. The van der Waals surface area contributed by atoms with Crippen LogP contribution in [0.1, 0.15) is 41.9 Å². The number of H-pyrrole nitrogens is 1. The van der Waals surface area contributed by atoms with E-state index in [0.29, 0.717) is 11.7 Å². The van der Waals surface area contributed by atoms with Crippen molar-refractivity contribution in [1.82, 2.24) is 20.1 Å². The molecule has 0 aliphatic heterocycles. The number of pyridine rings is 1. The zero-order valence-corrected chi connectivity index (χ0v) is 14.1. The number of hydrogen-bond donors (Lipinski definition) is 1. The molecule has 1 unspecified atom stereocenters. The number of benzene rings is 1. The van der Waals surface area contributed by atoms with E-state index in [1.807, 2.05) is 59.6 Å². The first-order chi connectivity index (χ1) is 12.2. The van der Waals surface area contributed by atoms with Crippen LogP contribution in [0.5, 0.6) is 0 Å². The Balaban J connectivity index is 1.61. The first-order valence-electron chi connectivity index (χ1n) is 8.57. The second kappa shape index (κ2) is 6.51. The summed E-state index contributed by atoms with van der Waals surface area (Å²) < 4.78 is 0. The quantitative estimate of drug-likeness (QED) is 0.772. The first kappa shape index (κ1) is 15.6. The standard InChI is InChI=1S/C20H20N4O/c1-14(16-8-5-11-21-13-16)24(17-9-10-17)20(25)19-12-18(22-23-19)15-6-3-2-4-7-15/h2-8,11-14,17H,9-10H2,1H3,(H,22,23). The molecule has 1 N–H and O–H groups in total. The van der Waals surface area contributed by atoms with Crippen molar-refractivity contribution in [2.45, 2.75) is 31.8 Å².